The summed E-state index contributed by atoms with van der Waals surface area (Å²) in [5.74, 6) is -0.264. The molecule has 0 unspecified atom stereocenters. The summed E-state index contributed by atoms with van der Waals surface area (Å²) >= 11 is 13.4. The molecule has 128 valence electrons. The van der Waals surface area contributed by atoms with E-state index in [1.54, 1.807) is 25.1 Å². The predicted octanol–water partition coefficient (Wildman–Crippen LogP) is 3.76. The molecule has 0 heterocycles. The number of nitrogens with one attached hydrogen (secondary N) is 1. The van der Waals surface area contributed by atoms with Crippen LogP contribution in [0.15, 0.2) is 52.3 Å². The van der Waals surface area contributed by atoms with E-state index in [9.17, 15) is 13.2 Å². The Balaban J connectivity index is 2.06. The highest BCUT2D eigenvalue weighted by molar-refractivity contribution is 8.00. The summed E-state index contributed by atoms with van der Waals surface area (Å²) < 4.78 is 22.4. The quantitative estimate of drug-likeness (QED) is 0.742. The van der Waals surface area contributed by atoms with Gasteiger partial charge in [0.15, 0.2) is 0 Å². The molecule has 0 aliphatic rings. The van der Waals surface area contributed by atoms with Crippen LogP contribution in [-0.4, -0.2) is 19.6 Å². The highest BCUT2D eigenvalue weighted by Gasteiger charge is 2.18. The number of rotatable bonds is 5. The molecular weight excluding hydrogens is 391 g/mol. The molecule has 24 heavy (non-hydrogen) atoms. The lowest BCUT2D eigenvalue weighted by Crippen LogP contribution is -2.22. The highest BCUT2D eigenvalue weighted by Crippen LogP contribution is 2.36. The monoisotopic (exact) mass is 404 g/mol. The van der Waals surface area contributed by atoms with Crippen LogP contribution in [0, 0.1) is 0 Å². The van der Waals surface area contributed by atoms with Crippen molar-refractivity contribution in [1.29, 1.82) is 0 Å². The van der Waals surface area contributed by atoms with Crippen LogP contribution in [0.25, 0.3) is 0 Å². The van der Waals surface area contributed by atoms with Crippen molar-refractivity contribution in [2.24, 2.45) is 5.14 Å². The van der Waals surface area contributed by atoms with Gasteiger partial charge in [0.25, 0.3) is 0 Å². The smallest absolute Gasteiger partial charge is 0.238 e. The second-order valence-electron chi connectivity index (χ2n) is 4.87. The van der Waals surface area contributed by atoms with E-state index in [0.29, 0.717) is 20.6 Å². The molecule has 0 radical (unpaired) electrons. The molecule has 0 saturated heterocycles. The molecule has 0 fully saturated rings. The summed E-state index contributed by atoms with van der Waals surface area (Å²) in [6.45, 7) is 1.72. The second-order valence-corrected chi connectivity index (χ2v) is 8.60. The number of carbonyl (C=O) groups excluding carboxylic acids is 1. The third-order valence-corrected chi connectivity index (χ3v) is 6.06. The maximum atomic E-state index is 12.3. The molecule has 0 aromatic heterocycles. The predicted molar refractivity (Wildman–Crippen MR) is 98.2 cm³/mol. The number of primary sulfonamides is 1. The third-order valence-electron chi connectivity index (χ3n) is 3.03. The molecule has 0 bridgehead atoms. The molecule has 2 aromatic rings. The van der Waals surface area contributed by atoms with Gasteiger partial charge >= 0.3 is 0 Å². The number of halogens is 2. The van der Waals surface area contributed by atoms with Crippen molar-refractivity contribution in [1.82, 2.24) is 0 Å². The Morgan fingerprint density at radius 1 is 1.12 bits per heavy atom. The SMILES string of the molecule is C[C@H](Sc1c(Cl)cccc1Cl)C(=O)Nc1ccc(S(N)(=O)=O)cc1. The van der Waals surface area contributed by atoms with Crippen LogP contribution in [-0.2, 0) is 14.8 Å². The van der Waals surface area contributed by atoms with Gasteiger partial charge in [-0.3, -0.25) is 4.79 Å². The van der Waals surface area contributed by atoms with Crippen molar-refractivity contribution in [2.75, 3.05) is 5.32 Å². The molecular formula is C15H14Cl2N2O3S2. The van der Waals surface area contributed by atoms with Crippen LogP contribution in [0.4, 0.5) is 5.69 Å². The molecule has 5 nitrogen and oxygen atoms in total. The van der Waals surface area contributed by atoms with Crippen LogP contribution < -0.4 is 10.5 Å². The fourth-order valence-corrected chi connectivity index (χ4v) is 3.86. The molecule has 0 saturated carbocycles. The Labute approximate surface area is 154 Å². The van der Waals surface area contributed by atoms with Crippen molar-refractivity contribution < 1.29 is 13.2 Å². The van der Waals surface area contributed by atoms with Gasteiger partial charge in [0, 0.05) is 10.6 Å². The number of hydrogen-bond acceptors (Lipinski definition) is 4. The van der Waals surface area contributed by atoms with Crippen LogP contribution in [0.2, 0.25) is 10.0 Å². The molecule has 1 atom stereocenters. The van der Waals surface area contributed by atoms with E-state index in [1.165, 1.54) is 36.0 Å². The van der Waals surface area contributed by atoms with Crippen molar-refractivity contribution in [3.8, 4) is 0 Å². The van der Waals surface area contributed by atoms with Gasteiger partial charge in [0.1, 0.15) is 0 Å². The molecule has 2 rings (SSSR count). The second kappa shape index (κ2) is 7.76. The molecule has 2 aromatic carbocycles. The highest BCUT2D eigenvalue weighted by atomic mass is 35.5. The standard InChI is InChI=1S/C15H14Cl2N2O3S2/c1-9(23-14-12(16)3-2-4-13(14)17)15(20)19-10-5-7-11(8-6-10)24(18,21)22/h2-9H,1H3,(H,19,20)(H2,18,21,22)/t9-/m0/s1. The fraction of sp³-hybridized carbons (Fsp3) is 0.133. The van der Waals surface area contributed by atoms with Gasteiger partial charge in [-0.1, -0.05) is 29.3 Å². The normalized spacial score (nSPS) is 12.7. The van der Waals surface area contributed by atoms with Crippen LogP contribution in [0.5, 0.6) is 0 Å². The summed E-state index contributed by atoms with van der Waals surface area (Å²) in [6, 6.07) is 10.7. The number of hydrogen-bond donors (Lipinski definition) is 2. The first-order valence-electron chi connectivity index (χ1n) is 6.73. The molecule has 1 amide bonds. The lowest BCUT2D eigenvalue weighted by atomic mass is 10.3. The Morgan fingerprint density at radius 2 is 1.67 bits per heavy atom. The van der Waals surface area contributed by atoms with Crippen LogP contribution >= 0.6 is 35.0 Å². The van der Waals surface area contributed by atoms with Crippen molar-refractivity contribution in [3.63, 3.8) is 0 Å². The maximum absolute atomic E-state index is 12.3. The van der Waals surface area contributed by atoms with E-state index in [1.807, 2.05) is 0 Å². The summed E-state index contributed by atoms with van der Waals surface area (Å²) in [5.41, 5.74) is 0.463. The third kappa shape index (κ3) is 4.87. The number of sulfonamides is 1. The van der Waals surface area contributed by atoms with Crippen LogP contribution in [0.1, 0.15) is 6.92 Å². The van der Waals surface area contributed by atoms with E-state index in [2.05, 4.69) is 5.32 Å². The average molecular weight is 405 g/mol. The van der Waals surface area contributed by atoms with Crippen molar-refractivity contribution >= 4 is 56.6 Å². The Morgan fingerprint density at radius 3 is 2.17 bits per heavy atom. The summed E-state index contributed by atoms with van der Waals surface area (Å²) in [7, 11) is -3.76. The van der Waals surface area contributed by atoms with Crippen molar-refractivity contribution in [3.05, 3.63) is 52.5 Å². The van der Waals surface area contributed by atoms with E-state index >= 15 is 0 Å². The number of anilines is 1. The maximum Gasteiger partial charge on any atom is 0.238 e. The average Bonchev–Trinajstić information content (AvgIpc) is 2.50. The number of benzene rings is 2. The molecule has 0 spiro atoms. The van der Waals surface area contributed by atoms with Gasteiger partial charge < -0.3 is 5.32 Å². The number of amides is 1. The first kappa shape index (κ1) is 19.1. The van der Waals surface area contributed by atoms with E-state index in [4.69, 9.17) is 28.3 Å². The number of thioether (sulfide) groups is 1. The number of nitrogens with two attached hydrogens (primary N) is 1. The molecule has 3 N–H and O–H groups in total. The zero-order chi connectivity index (χ0) is 17.9. The lowest BCUT2D eigenvalue weighted by Gasteiger charge is -2.14. The van der Waals surface area contributed by atoms with Crippen LogP contribution in [0.3, 0.4) is 0 Å². The van der Waals surface area contributed by atoms with Gasteiger partial charge in [0.2, 0.25) is 15.9 Å². The molecule has 0 aliphatic carbocycles. The van der Waals surface area contributed by atoms with Gasteiger partial charge in [-0.05, 0) is 43.3 Å². The zero-order valence-corrected chi connectivity index (χ0v) is 15.6. The molecule has 9 heteroatoms. The minimum Gasteiger partial charge on any atom is -0.325 e. The summed E-state index contributed by atoms with van der Waals surface area (Å²) in [5, 5.41) is 8.22. The van der Waals surface area contributed by atoms with Gasteiger partial charge in [-0.25, -0.2) is 13.6 Å². The summed E-state index contributed by atoms with van der Waals surface area (Å²) in [6.07, 6.45) is 0. The molecule has 0 aliphatic heterocycles. The van der Waals surface area contributed by atoms with E-state index < -0.39 is 15.3 Å². The van der Waals surface area contributed by atoms with Gasteiger partial charge in [-0.15, -0.1) is 11.8 Å². The van der Waals surface area contributed by atoms with E-state index in [0.717, 1.165) is 0 Å². The lowest BCUT2D eigenvalue weighted by molar-refractivity contribution is -0.115. The van der Waals surface area contributed by atoms with Crippen molar-refractivity contribution in [2.45, 2.75) is 22.0 Å². The Hall–Kier alpha value is -1.25. The first-order chi connectivity index (χ1) is 11.2. The van der Waals surface area contributed by atoms with Gasteiger partial charge in [-0.2, -0.15) is 0 Å². The topological polar surface area (TPSA) is 89.3 Å². The first-order valence-corrected chi connectivity index (χ1v) is 9.91. The number of carbonyl (C=O) groups is 1. The Bertz CT molecular complexity index is 835. The summed E-state index contributed by atoms with van der Waals surface area (Å²) in [4.78, 5) is 12.9. The van der Waals surface area contributed by atoms with E-state index in [-0.39, 0.29) is 10.8 Å². The largest absolute Gasteiger partial charge is 0.325 e. The fourth-order valence-electron chi connectivity index (χ4n) is 1.80. The minimum absolute atomic E-state index is 0.0224. The minimum atomic E-state index is -3.76. The Kier molecular flexibility index (Phi) is 6.17. The zero-order valence-electron chi connectivity index (χ0n) is 12.5. The van der Waals surface area contributed by atoms with Gasteiger partial charge in [0.05, 0.1) is 20.2 Å².